The third-order valence-electron chi connectivity index (χ3n) is 6.00. The molecule has 0 unspecified atom stereocenters. The fraction of sp³-hybridized carbons (Fsp3) is 0.417. The SMILES string of the molecule is COc1ccc(C)c2sc(N(CCN(C)C)C(=O)c3ccc(S(=O)(=O)N(C)C4CC4)cc3)nc12. The van der Waals surface area contributed by atoms with E-state index in [2.05, 4.69) is 0 Å². The molecule has 34 heavy (non-hydrogen) atoms. The number of nitrogens with zero attached hydrogens (tertiary/aromatic N) is 4. The Balaban J connectivity index is 1.67. The van der Waals surface area contributed by atoms with E-state index in [4.69, 9.17) is 9.72 Å². The van der Waals surface area contributed by atoms with Crippen molar-refractivity contribution in [3.8, 4) is 5.75 Å². The molecular weight excluding hydrogens is 472 g/mol. The number of methoxy groups -OCH3 is 1. The Morgan fingerprint density at radius 3 is 2.35 bits per heavy atom. The number of thiazole rings is 1. The van der Waals surface area contributed by atoms with E-state index in [1.54, 1.807) is 31.2 Å². The van der Waals surface area contributed by atoms with Gasteiger partial charge in [0, 0.05) is 31.7 Å². The van der Waals surface area contributed by atoms with Crippen molar-refractivity contribution < 1.29 is 17.9 Å². The Morgan fingerprint density at radius 1 is 1.09 bits per heavy atom. The topological polar surface area (TPSA) is 83.0 Å². The van der Waals surface area contributed by atoms with Crippen molar-refractivity contribution in [3.05, 3.63) is 47.5 Å². The van der Waals surface area contributed by atoms with Crippen LogP contribution in [0.25, 0.3) is 10.2 Å². The van der Waals surface area contributed by atoms with E-state index in [1.807, 2.05) is 38.1 Å². The van der Waals surface area contributed by atoms with E-state index in [9.17, 15) is 13.2 Å². The minimum Gasteiger partial charge on any atom is -0.494 e. The summed E-state index contributed by atoms with van der Waals surface area (Å²) >= 11 is 1.45. The van der Waals surface area contributed by atoms with Crippen LogP contribution in [0.3, 0.4) is 0 Å². The second-order valence-electron chi connectivity index (χ2n) is 8.80. The summed E-state index contributed by atoms with van der Waals surface area (Å²) in [7, 11) is 3.55. The van der Waals surface area contributed by atoms with E-state index < -0.39 is 10.0 Å². The highest BCUT2D eigenvalue weighted by Gasteiger charge is 2.35. The number of hydrogen-bond acceptors (Lipinski definition) is 7. The Bertz CT molecular complexity index is 1300. The largest absolute Gasteiger partial charge is 0.494 e. The van der Waals surface area contributed by atoms with Crippen LogP contribution in [0.1, 0.15) is 28.8 Å². The van der Waals surface area contributed by atoms with Gasteiger partial charge < -0.3 is 9.64 Å². The number of aryl methyl sites for hydroxylation is 1. The summed E-state index contributed by atoms with van der Waals surface area (Å²) in [6, 6.07) is 10.1. The number of amides is 1. The minimum atomic E-state index is -3.56. The predicted molar refractivity (Wildman–Crippen MR) is 136 cm³/mol. The van der Waals surface area contributed by atoms with Gasteiger partial charge in [-0.15, -0.1) is 0 Å². The maximum absolute atomic E-state index is 13.6. The van der Waals surface area contributed by atoms with Crippen molar-refractivity contribution in [3.63, 3.8) is 0 Å². The number of likely N-dealkylation sites (N-methyl/N-ethyl adjacent to an activating group) is 1. The molecule has 1 amide bonds. The first-order valence-electron chi connectivity index (χ1n) is 11.1. The number of carbonyl (C=O) groups is 1. The number of ether oxygens (including phenoxy) is 1. The number of anilines is 1. The van der Waals surface area contributed by atoms with Crippen LogP contribution in [0.15, 0.2) is 41.3 Å². The molecule has 0 atom stereocenters. The molecule has 0 saturated heterocycles. The molecule has 3 aromatic rings. The molecule has 1 fully saturated rings. The molecule has 0 bridgehead atoms. The first-order chi connectivity index (χ1) is 16.1. The highest BCUT2D eigenvalue weighted by molar-refractivity contribution is 7.89. The molecule has 0 aliphatic heterocycles. The van der Waals surface area contributed by atoms with Gasteiger partial charge in [0.15, 0.2) is 5.13 Å². The number of sulfonamides is 1. The maximum Gasteiger partial charge on any atom is 0.260 e. The molecule has 1 aliphatic carbocycles. The van der Waals surface area contributed by atoms with Crippen molar-refractivity contribution in [2.75, 3.05) is 46.2 Å². The minimum absolute atomic E-state index is 0.0762. The zero-order chi connectivity index (χ0) is 24.6. The lowest BCUT2D eigenvalue weighted by Crippen LogP contribution is -2.36. The lowest BCUT2D eigenvalue weighted by atomic mass is 10.2. The second kappa shape index (κ2) is 9.61. The Morgan fingerprint density at radius 2 is 1.76 bits per heavy atom. The van der Waals surface area contributed by atoms with Crippen molar-refractivity contribution in [1.29, 1.82) is 0 Å². The molecular formula is C24H30N4O4S2. The van der Waals surface area contributed by atoms with Gasteiger partial charge in [0.05, 0.1) is 16.7 Å². The average Bonchev–Trinajstić information content (AvgIpc) is 3.57. The van der Waals surface area contributed by atoms with Gasteiger partial charge >= 0.3 is 0 Å². The molecule has 1 saturated carbocycles. The first-order valence-corrected chi connectivity index (χ1v) is 13.4. The Hall–Kier alpha value is -2.53. The normalized spacial score (nSPS) is 14.2. The summed E-state index contributed by atoms with van der Waals surface area (Å²) < 4.78 is 33.5. The van der Waals surface area contributed by atoms with Gasteiger partial charge in [-0.25, -0.2) is 13.4 Å². The van der Waals surface area contributed by atoms with Crippen LogP contribution < -0.4 is 9.64 Å². The monoisotopic (exact) mass is 502 g/mol. The quantitative estimate of drug-likeness (QED) is 0.445. The Kier molecular flexibility index (Phi) is 6.95. The van der Waals surface area contributed by atoms with Crippen LogP contribution >= 0.6 is 11.3 Å². The summed E-state index contributed by atoms with van der Waals surface area (Å²) in [6.07, 6.45) is 1.78. The standard InChI is InChI=1S/C24H30N4O4S2/c1-16-6-13-20(32-5)21-22(16)33-24(25-21)28(15-14-26(2)3)23(29)17-7-11-19(12-8-17)34(30,31)27(4)18-9-10-18/h6-8,11-13,18H,9-10,14-15H2,1-5H3. The molecule has 8 nitrogen and oxygen atoms in total. The number of rotatable bonds is 9. The van der Waals surface area contributed by atoms with Gasteiger partial charge in [-0.2, -0.15) is 4.31 Å². The highest BCUT2D eigenvalue weighted by Crippen LogP contribution is 2.37. The molecule has 182 valence electrons. The molecule has 1 heterocycles. The molecule has 0 radical (unpaired) electrons. The highest BCUT2D eigenvalue weighted by atomic mass is 32.2. The first kappa shape index (κ1) is 24.6. The molecule has 1 aliphatic rings. The Labute approximate surface area is 204 Å². The summed E-state index contributed by atoms with van der Waals surface area (Å²) in [4.78, 5) is 22.2. The van der Waals surface area contributed by atoms with Crippen LogP contribution in [-0.2, 0) is 10.0 Å². The average molecular weight is 503 g/mol. The van der Waals surface area contributed by atoms with E-state index >= 15 is 0 Å². The zero-order valence-corrected chi connectivity index (χ0v) is 21.7. The van der Waals surface area contributed by atoms with Gasteiger partial charge in [0.2, 0.25) is 10.0 Å². The molecule has 4 rings (SSSR count). The number of carbonyl (C=O) groups excluding carboxylic acids is 1. The number of aromatic nitrogens is 1. The fourth-order valence-electron chi connectivity index (χ4n) is 3.69. The summed E-state index contributed by atoms with van der Waals surface area (Å²) in [6.45, 7) is 3.10. The van der Waals surface area contributed by atoms with Crippen molar-refractivity contribution >= 4 is 42.6 Å². The van der Waals surface area contributed by atoms with Crippen LogP contribution in [-0.4, -0.2) is 75.9 Å². The van der Waals surface area contributed by atoms with E-state index in [-0.39, 0.29) is 16.8 Å². The van der Waals surface area contributed by atoms with Gasteiger partial charge in [-0.05, 0) is 69.8 Å². The number of hydrogen-bond donors (Lipinski definition) is 0. The second-order valence-corrected chi connectivity index (χ2v) is 11.8. The van der Waals surface area contributed by atoms with E-state index in [0.29, 0.717) is 29.5 Å². The van der Waals surface area contributed by atoms with Crippen molar-refractivity contribution in [2.45, 2.75) is 30.7 Å². The van der Waals surface area contributed by atoms with E-state index in [0.717, 1.165) is 28.6 Å². The zero-order valence-electron chi connectivity index (χ0n) is 20.1. The van der Waals surface area contributed by atoms with Crippen molar-refractivity contribution in [1.82, 2.24) is 14.2 Å². The molecule has 0 spiro atoms. The van der Waals surface area contributed by atoms with Gasteiger partial charge in [-0.3, -0.25) is 9.69 Å². The predicted octanol–water partition coefficient (Wildman–Crippen LogP) is 3.60. The van der Waals surface area contributed by atoms with Crippen LogP contribution in [0.5, 0.6) is 5.75 Å². The van der Waals surface area contributed by atoms with Crippen molar-refractivity contribution in [2.24, 2.45) is 0 Å². The summed E-state index contributed by atoms with van der Waals surface area (Å²) in [5.74, 6) is 0.439. The van der Waals surface area contributed by atoms with E-state index in [1.165, 1.54) is 27.8 Å². The molecule has 0 N–H and O–H groups in total. The van der Waals surface area contributed by atoms with Crippen LogP contribution in [0, 0.1) is 6.92 Å². The van der Waals surface area contributed by atoms with Gasteiger partial charge in [0.1, 0.15) is 11.3 Å². The number of fused-ring (bicyclic) bond motifs is 1. The molecule has 10 heteroatoms. The lowest BCUT2D eigenvalue weighted by molar-refractivity contribution is 0.0985. The number of benzene rings is 2. The van der Waals surface area contributed by atoms with Crippen LogP contribution in [0.2, 0.25) is 0 Å². The lowest BCUT2D eigenvalue weighted by Gasteiger charge is -2.22. The fourth-order valence-corrected chi connectivity index (χ4v) is 6.18. The smallest absolute Gasteiger partial charge is 0.260 e. The summed E-state index contributed by atoms with van der Waals surface area (Å²) in [5, 5.41) is 0.583. The molecule has 2 aromatic carbocycles. The van der Waals surface area contributed by atoms with Gasteiger partial charge in [0.25, 0.3) is 5.91 Å². The maximum atomic E-state index is 13.6. The van der Waals surface area contributed by atoms with Crippen LogP contribution in [0.4, 0.5) is 5.13 Å². The third-order valence-corrected chi connectivity index (χ3v) is 9.14. The summed E-state index contributed by atoms with van der Waals surface area (Å²) in [5.41, 5.74) is 2.21. The van der Waals surface area contributed by atoms with Gasteiger partial charge in [-0.1, -0.05) is 17.4 Å². The molecule has 1 aromatic heterocycles. The third kappa shape index (κ3) is 4.81.